The summed E-state index contributed by atoms with van der Waals surface area (Å²) >= 11 is 3.42. The van der Waals surface area contributed by atoms with Crippen LogP contribution in [-0.2, 0) is 16.1 Å². The van der Waals surface area contributed by atoms with E-state index in [1.165, 1.54) is 4.90 Å². The van der Waals surface area contributed by atoms with Gasteiger partial charge < -0.3 is 9.64 Å². The Morgan fingerprint density at radius 1 is 1.50 bits per heavy atom. The summed E-state index contributed by atoms with van der Waals surface area (Å²) in [5, 5.41) is 8.43. The first kappa shape index (κ1) is 14.7. The molecule has 1 rings (SSSR count). The Bertz CT molecular complexity index is 443. The van der Waals surface area contributed by atoms with Crippen molar-refractivity contribution in [3.8, 4) is 6.07 Å². The Morgan fingerprint density at radius 2 is 2.22 bits per heavy atom. The molecule has 0 aliphatic rings. The van der Waals surface area contributed by atoms with Crippen LogP contribution in [0.1, 0.15) is 12.0 Å². The second-order valence-corrected chi connectivity index (χ2v) is 4.66. The smallest absolute Gasteiger partial charge is 0.248 e. The number of likely N-dealkylation sites (N-methyl/N-ethyl adjacent to an activating group) is 1. The summed E-state index contributed by atoms with van der Waals surface area (Å²) in [6.07, 6.45) is 0.340. The van der Waals surface area contributed by atoms with Crippen LogP contribution in [0.25, 0.3) is 0 Å². The summed E-state index contributed by atoms with van der Waals surface area (Å²) in [7, 11) is 1.67. The fraction of sp³-hybridized carbons (Fsp3) is 0.385. The van der Waals surface area contributed by atoms with E-state index in [2.05, 4.69) is 15.9 Å². The Morgan fingerprint density at radius 3 is 2.89 bits per heavy atom. The number of amides is 1. The first-order chi connectivity index (χ1) is 8.65. The zero-order chi connectivity index (χ0) is 13.4. The molecule has 0 aliphatic carbocycles. The molecule has 0 aliphatic heterocycles. The van der Waals surface area contributed by atoms with Crippen LogP contribution in [0.4, 0.5) is 0 Å². The SMILES string of the molecule is CN(CCC#N)C(=O)COCc1ccccc1Br. The number of rotatable bonds is 6. The van der Waals surface area contributed by atoms with Crippen LogP contribution in [0.2, 0.25) is 0 Å². The third kappa shape index (κ3) is 4.86. The molecule has 4 nitrogen and oxygen atoms in total. The number of carbonyl (C=O) groups excluding carboxylic acids is 1. The molecule has 0 N–H and O–H groups in total. The highest BCUT2D eigenvalue weighted by atomic mass is 79.9. The minimum atomic E-state index is -0.114. The number of nitrogens with zero attached hydrogens (tertiary/aromatic N) is 2. The number of ether oxygens (including phenoxy) is 1. The van der Waals surface area contributed by atoms with Gasteiger partial charge in [0.25, 0.3) is 0 Å². The maximum absolute atomic E-state index is 11.6. The molecule has 1 aromatic rings. The van der Waals surface area contributed by atoms with Crippen LogP contribution in [0, 0.1) is 11.3 Å². The van der Waals surface area contributed by atoms with Crippen LogP contribution in [0.15, 0.2) is 28.7 Å². The molecule has 1 amide bonds. The lowest BCUT2D eigenvalue weighted by Gasteiger charge is -2.15. The highest BCUT2D eigenvalue weighted by Gasteiger charge is 2.08. The van der Waals surface area contributed by atoms with Crippen molar-refractivity contribution in [1.29, 1.82) is 5.26 Å². The molecule has 0 fully saturated rings. The lowest BCUT2D eigenvalue weighted by Crippen LogP contribution is -2.31. The molecule has 0 saturated heterocycles. The Balaban J connectivity index is 2.32. The van der Waals surface area contributed by atoms with Gasteiger partial charge in [0.2, 0.25) is 5.91 Å². The van der Waals surface area contributed by atoms with Crippen molar-refractivity contribution in [1.82, 2.24) is 4.90 Å². The number of benzene rings is 1. The summed E-state index contributed by atoms with van der Waals surface area (Å²) in [6, 6.07) is 9.72. The number of hydrogen-bond acceptors (Lipinski definition) is 3. The van der Waals surface area contributed by atoms with E-state index in [0.717, 1.165) is 10.0 Å². The van der Waals surface area contributed by atoms with Crippen LogP contribution in [0.5, 0.6) is 0 Å². The van der Waals surface area contributed by atoms with E-state index in [9.17, 15) is 4.79 Å². The number of carbonyl (C=O) groups is 1. The standard InChI is InChI=1S/C13H15BrN2O2/c1-16(8-4-7-15)13(17)10-18-9-11-5-2-3-6-12(11)14/h2-3,5-6H,4,8-10H2,1H3. The van der Waals surface area contributed by atoms with Gasteiger partial charge in [0.05, 0.1) is 19.1 Å². The molecule has 0 radical (unpaired) electrons. The molecule has 5 heteroatoms. The van der Waals surface area contributed by atoms with Crippen molar-refractivity contribution in [3.63, 3.8) is 0 Å². The summed E-state index contributed by atoms with van der Waals surface area (Å²) < 4.78 is 6.33. The van der Waals surface area contributed by atoms with Crippen LogP contribution in [-0.4, -0.2) is 31.0 Å². The number of nitriles is 1. The van der Waals surface area contributed by atoms with Crippen molar-refractivity contribution < 1.29 is 9.53 Å². The average Bonchev–Trinajstić information content (AvgIpc) is 2.38. The Hall–Kier alpha value is -1.38. The lowest BCUT2D eigenvalue weighted by atomic mass is 10.2. The van der Waals surface area contributed by atoms with Gasteiger partial charge in [0.15, 0.2) is 0 Å². The summed E-state index contributed by atoms with van der Waals surface area (Å²) in [4.78, 5) is 13.1. The highest BCUT2D eigenvalue weighted by Crippen LogP contribution is 2.16. The average molecular weight is 311 g/mol. The van der Waals surface area contributed by atoms with Gasteiger partial charge in [0.1, 0.15) is 6.61 Å². The van der Waals surface area contributed by atoms with Crippen molar-refractivity contribution in [2.75, 3.05) is 20.2 Å². The molecule has 0 bridgehead atoms. The van der Waals surface area contributed by atoms with Gasteiger partial charge in [0, 0.05) is 18.1 Å². The summed E-state index contributed by atoms with van der Waals surface area (Å²) in [5.74, 6) is -0.114. The van der Waals surface area contributed by atoms with Gasteiger partial charge in [-0.15, -0.1) is 0 Å². The van der Waals surface area contributed by atoms with Crippen molar-refractivity contribution in [2.45, 2.75) is 13.0 Å². The lowest BCUT2D eigenvalue weighted by molar-refractivity contribution is -0.135. The van der Waals surface area contributed by atoms with E-state index in [0.29, 0.717) is 19.6 Å². The second-order valence-electron chi connectivity index (χ2n) is 3.81. The molecule has 0 aromatic heterocycles. The molecule has 0 spiro atoms. The fourth-order valence-electron chi connectivity index (χ4n) is 1.32. The third-order valence-corrected chi connectivity index (χ3v) is 3.20. The first-order valence-corrected chi connectivity index (χ1v) is 6.36. The van der Waals surface area contributed by atoms with Crippen LogP contribution >= 0.6 is 15.9 Å². The molecule has 96 valence electrons. The Labute approximate surface area is 115 Å². The topological polar surface area (TPSA) is 53.3 Å². The second kappa shape index (κ2) is 7.85. The summed E-state index contributed by atoms with van der Waals surface area (Å²) in [5.41, 5.74) is 1.00. The molecular weight excluding hydrogens is 296 g/mol. The van der Waals surface area contributed by atoms with Gasteiger partial charge in [-0.1, -0.05) is 34.1 Å². The Kier molecular flexibility index (Phi) is 6.40. The van der Waals surface area contributed by atoms with Crippen molar-refractivity contribution in [3.05, 3.63) is 34.3 Å². The van der Waals surface area contributed by atoms with E-state index < -0.39 is 0 Å². The zero-order valence-electron chi connectivity index (χ0n) is 10.2. The molecule has 0 heterocycles. The van der Waals surface area contributed by atoms with Gasteiger partial charge in [-0.2, -0.15) is 5.26 Å². The minimum Gasteiger partial charge on any atom is -0.367 e. The monoisotopic (exact) mass is 310 g/mol. The maximum atomic E-state index is 11.6. The number of halogens is 1. The van der Waals surface area contributed by atoms with E-state index >= 15 is 0 Å². The molecule has 0 atom stereocenters. The van der Waals surface area contributed by atoms with Gasteiger partial charge in [-0.3, -0.25) is 4.79 Å². The van der Waals surface area contributed by atoms with E-state index in [4.69, 9.17) is 10.00 Å². The molecule has 0 saturated carbocycles. The third-order valence-electron chi connectivity index (χ3n) is 2.43. The summed E-state index contributed by atoms with van der Waals surface area (Å²) in [6.45, 7) is 0.857. The quantitative estimate of drug-likeness (QED) is 0.810. The van der Waals surface area contributed by atoms with Gasteiger partial charge in [-0.25, -0.2) is 0 Å². The highest BCUT2D eigenvalue weighted by molar-refractivity contribution is 9.10. The van der Waals surface area contributed by atoms with E-state index in [-0.39, 0.29) is 12.5 Å². The molecule has 18 heavy (non-hydrogen) atoms. The predicted molar refractivity (Wildman–Crippen MR) is 71.7 cm³/mol. The molecule has 1 aromatic carbocycles. The molecule has 0 unspecified atom stereocenters. The van der Waals surface area contributed by atoms with E-state index in [1.807, 2.05) is 30.3 Å². The number of hydrogen-bond donors (Lipinski definition) is 0. The van der Waals surface area contributed by atoms with Gasteiger partial charge >= 0.3 is 0 Å². The zero-order valence-corrected chi connectivity index (χ0v) is 11.8. The minimum absolute atomic E-state index is 0.0310. The predicted octanol–water partition coefficient (Wildman–Crippen LogP) is 2.34. The van der Waals surface area contributed by atoms with Crippen molar-refractivity contribution in [2.24, 2.45) is 0 Å². The first-order valence-electron chi connectivity index (χ1n) is 5.57. The van der Waals surface area contributed by atoms with Gasteiger partial charge in [-0.05, 0) is 11.6 Å². The largest absolute Gasteiger partial charge is 0.367 e. The fourth-order valence-corrected chi connectivity index (χ4v) is 1.72. The van der Waals surface area contributed by atoms with Crippen LogP contribution in [0.3, 0.4) is 0 Å². The van der Waals surface area contributed by atoms with Crippen molar-refractivity contribution >= 4 is 21.8 Å². The van der Waals surface area contributed by atoms with Crippen LogP contribution < -0.4 is 0 Å². The molecular formula is C13H15BrN2O2. The van der Waals surface area contributed by atoms with E-state index in [1.54, 1.807) is 7.05 Å². The normalized spacial score (nSPS) is 9.83. The maximum Gasteiger partial charge on any atom is 0.248 e.